The lowest BCUT2D eigenvalue weighted by Gasteiger charge is -2.04. The van der Waals surface area contributed by atoms with Crippen LogP contribution in [0.15, 0.2) is 12.5 Å². The zero-order valence-electron chi connectivity index (χ0n) is 9.91. The average Bonchev–Trinajstić information content (AvgIpc) is 2.85. The summed E-state index contributed by atoms with van der Waals surface area (Å²) in [5.74, 6) is 0.0138. The van der Waals surface area contributed by atoms with Gasteiger partial charge in [0.2, 0.25) is 5.91 Å². The van der Waals surface area contributed by atoms with Gasteiger partial charge in [0, 0.05) is 24.7 Å². The van der Waals surface area contributed by atoms with Crippen LogP contribution in [0.5, 0.6) is 0 Å². The monoisotopic (exact) mass is 249 g/mol. The molecule has 0 saturated heterocycles. The van der Waals surface area contributed by atoms with E-state index >= 15 is 0 Å². The fourth-order valence-corrected chi connectivity index (χ4v) is 1.59. The molecular weight excluding hydrogens is 234 g/mol. The van der Waals surface area contributed by atoms with E-state index in [0.29, 0.717) is 38.0 Å². The molecule has 18 heavy (non-hydrogen) atoms. The van der Waals surface area contributed by atoms with Crippen molar-refractivity contribution in [3.8, 4) is 0 Å². The van der Waals surface area contributed by atoms with E-state index in [1.807, 2.05) is 0 Å². The van der Waals surface area contributed by atoms with Gasteiger partial charge < -0.3 is 11.1 Å². The van der Waals surface area contributed by atoms with Gasteiger partial charge in [0.25, 0.3) is 0 Å². The topological polar surface area (TPSA) is 111 Å². The van der Waals surface area contributed by atoms with Crippen LogP contribution < -0.4 is 11.1 Å². The van der Waals surface area contributed by atoms with E-state index in [0.717, 1.165) is 5.56 Å². The number of nitrogens with one attached hydrogen (secondary N) is 1. The molecule has 2 aromatic heterocycles. The maximum absolute atomic E-state index is 11.4. The molecule has 2 aromatic rings. The van der Waals surface area contributed by atoms with Crippen molar-refractivity contribution in [2.75, 3.05) is 13.1 Å². The summed E-state index contributed by atoms with van der Waals surface area (Å²) in [4.78, 5) is 15.4. The van der Waals surface area contributed by atoms with Gasteiger partial charge in [-0.1, -0.05) is 0 Å². The molecule has 0 aliphatic carbocycles. The molecule has 2 rings (SSSR count). The lowest BCUT2D eigenvalue weighted by molar-refractivity contribution is -0.121. The summed E-state index contributed by atoms with van der Waals surface area (Å²) >= 11 is 0. The maximum Gasteiger partial charge on any atom is 0.220 e. The Hall–Kier alpha value is -2.09. The van der Waals surface area contributed by atoms with Gasteiger partial charge in [0.1, 0.15) is 6.33 Å². The van der Waals surface area contributed by atoms with Gasteiger partial charge in [-0.25, -0.2) is 4.98 Å². The SMILES string of the molecule is NCCCC(=O)NCCc1cncn2nnnc12. The molecule has 0 aliphatic rings. The molecule has 2 heterocycles. The highest BCUT2D eigenvalue weighted by atomic mass is 16.1. The molecule has 0 fully saturated rings. The smallest absolute Gasteiger partial charge is 0.220 e. The molecular formula is C10H15N7O. The molecule has 0 bridgehead atoms. The van der Waals surface area contributed by atoms with Crippen LogP contribution in [-0.4, -0.2) is 44.0 Å². The first-order chi connectivity index (χ1) is 8.81. The highest BCUT2D eigenvalue weighted by molar-refractivity contribution is 5.75. The van der Waals surface area contributed by atoms with Crippen molar-refractivity contribution >= 4 is 11.6 Å². The number of carbonyl (C=O) groups excluding carboxylic acids is 1. The quantitative estimate of drug-likeness (QED) is 0.673. The minimum Gasteiger partial charge on any atom is -0.356 e. The summed E-state index contributed by atoms with van der Waals surface area (Å²) < 4.78 is 1.51. The molecule has 3 N–H and O–H groups in total. The Bertz CT molecular complexity index is 524. The van der Waals surface area contributed by atoms with Crippen LogP contribution in [0, 0.1) is 0 Å². The van der Waals surface area contributed by atoms with E-state index in [2.05, 4.69) is 25.8 Å². The Labute approximate surface area is 104 Å². The zero-order chi connectivity index (χ0) is 12.8. The van der Waals surface area contributed by atoms with Gasteiger partial charge in [0.15, 0.2) is 5.65 Å². The third-order valence-electron chi connectivity index (χ3n) is 2.51. The standard InChI is InChI=1S/C10H15N7O/c11-4-1-2-9(18)13-5-3-8-6-12-7-17-10(8)14-15-16-17/h6-7H,1-5,11H2,(H,13,18). The molecule has 96 valence electrons. The van der Waals surface area contributed by atoms with Crippen molar-refractivity contribution in [1.29, 1.82) is 0 Å². The van der Waals surface area contributed by atoms with Gasteiger partial charge in [-0.15, -0.1) is 5.10 Å². The Morgan fingerprint density at radius 3 is 3.22 bits per heavy atom. The average molecular weight is 249 g/mol. The van der Waals surface area contributed by atoms with E-state index in [-0.39, 0.29) is 5.91 Å². The van der Waals surface area contributed by atoms with Crippen LogP contribution >= 0.6 is 0 Å². The summed E-state index contributed by atoms with van der Waals surface area (Å²) in [6.07, 6.45) is 5.06. The molecule has 8 heteroatoms. The third-order valence-corrected chi connectivity index (χ3v) is 2.51. The van der Waals surface area contributed by atoms with E-state index in [1.54, 1.807) is 12.5 Å². The van der Waals surface area contributed by atoms with Crippen molar-refractivity contribution in [3.05, 3.63) is 18.1 Å². The highest BCUT2D eigenvalue weighted by Crippen LogP contribution is 2.04. The van der Waals surface area contributed by atoms with Gasteiger partial charge in [-0.3, -0.25) is 4.79 Å². The molecule has 0 aliphatic heterocycles. The number of fused-ring (bicyclic) bond motifs is 1. The van der Waals surface area contributed by atoms with Crippen molar-refractivity contribution in [1.82, 2.24) is 30.3 Å². The zero-order valence-corrected chi connectivity index (χ0v) is 9.91. The number of nitrogens with two attached hydrogens (primary N) is 1. The first-order valence-corrected chi connectivity index (χ1v) is 5.78. The normalized spacial score (nSPS) is 10.7. The molecule has 1 amide bonds. The first-order valence-electron chi connectivity index (χ1n) is 5.78. The van der Waals surface area contributed by atoms with E-state index < -0.39 is 0 Å². The summed E-state index contributed by atoms with van der Waals surface area (Å²) in [6, 6.07) is 0. The highest BCUT2D eigenvalue weighted by Gasteiger charge is 2.05. The molecule has 0 unspecified atom stereocenters. The fourth-order valence-electron chi connectivity index (χ4n) is 1.59. The van der Waals surface area contributed by atoms with E-state index in [1.165, 1.54) is 4.52 Å². The van der Waals surface area contributed by atoms with E-state index in [4.69, 9.17) is 5.73 Å². The number of carbonyl (C=O) groups is 1. The number of amides is 1. The van der Waals surface area contributed by atoms with Crippen LogP contribution in [0.3, 0.4) is 0 Å². The summed E-state index contributed by atoms with van der Waals surface area (Å²) in [7, 11) is 0. The lowest BCUT2D eigenvalue weighted by atomic mass is 10.2. The Kier molecular flexibility index (Phi) is 4.13. The van der Waals surface area contributed by atoms with E-state index in [9.17, 15) is 4.79 Å². The maximum atomic E-state index is 11.4. The van der Waals surface area contributed by atoms with Crippen LogP contribution in [0.25, 0.3) is 5.65 Å². The van der Waals surface area contributed by atoms with Crippen LogP contribution in [-0.2, 0) is 11.2 Å². The van der Waals surface area contributed by atoms with Crippen molar-refractivity contribution in [3.63, 3.8) is 0 Å². The molecule has 0 spiro atoms. The summed E-state index contributed by atoms with van der Waals surface area (Å²) in [6.45, 7) is 1.07. The number of aromatic nitrogens is 5. The first kappa shape index (κ1) is 12.4. The molecule has 0 atom stereocenters. The van der Waals surface area contributed by atoms with Crippen LogP contribution in [0.1, 0.15) is 18.4 Å². The predicted molar refractivity (Wildman–Crippen MR) is 63.6 cm³/mol. The minimum absolute atomic E-state index is 0.0138. The van der Waals surface area contributed by atoms with Crippen LogP contribution in [0.4, 0.5) is 0 Å². The number of hydrogen-bond acceptors (Lipinski definition) is 6. The lowest BCUT2D eigenvalue weighted by Crippen LogP contribution is -2.26. The molecule has 0 aromatic carbocycles. The van der Waals surface area contributed by atoms with Gasteiger partial charge in [-0.2, -0.15) is 4.52 Å². The van der Waals surface area contributed by atoms with Gasteiger partial charge >= 0.3 is 0 Å². The number of hydrogen-bond donors (Lipinski definition) is 2. The molecule has 0 saturated carbocycles. The van der Waals surface area contributed by atoms with Crippen molar-refractivity contribution in [2.24, 2.45) is 5.73 Å². The third kappa shape index (κ3) is 2.98. The second-order valence-electron chi connectivity index (χ2n) is 3.86. The largest absolute Gasteiger partial charge is 0.356 e. The van der Waals surface area contributed by atoms with Gasteiger partial charge in [-0.05, 0) is 29.8 Å². The Morgan fingerprint density at radius 1 is 1.50 bits per heavy atom. The van der Waals surface area contributed by atoms with Crippen LogP contribution in [0.2, 0.25) is 0 Å². The summed E-state index contributed by atoms with van der Waals surface area (Å²) in [5, 5.41) is 14.0. The summed E-state index contributed by atoms with van der Waals surface area (Å²) in [5.41, 5.74) is 6.91. The second kappa shape index (κ2) is 6.01. The van der Waals surface area contributed by atoms with Crippen molar-refractivity contribution < 1.29 is 4.79 Å². The number of rotatable bonds is 6. The Balaban J connectivity index is 1.87. The second-order valence-corrected chi connectivity index (χ2v) is 3.86. The Morgan fingerprint density at radius 2 is 2.39 bits per heavy atom. The number of nitrogens with zero attached hydrogens (tertiary/aromatic N) is 5. The number of tetrazole rings is 1. The predicted octanol–water partition coefficient (Wildman–Crippen LogP) is -1.08. The minimum atomic E-state index is 0.0138. The van der Waals surface area contributed by atoms with Gasteiger partial charge in [0.05, 0.1) is 0 Å². The fraction of sp³-hybridized carbons (Fsp3) is 0.500. The molecule has 8 nitrogen and oxygen atoms in total. The van der Waals surface area contributed by atoms with Crippen molar-refractivity contribution in [2.45, 2.75) is 19.3 Å². The molecule has 0 radical (unpaired) electrons.